The van der Waals surface area contributed by atoms with Crippen LogP contribution in [0.15, 0.2) is 23.3 Å². The number of halogens is 8. The van der Waals surface area contributed by atoms with Crippen LogP contribution in [-0.2, 0) is 6.18 Å². The molecule has 2 aromatic carbocycles. The molecule has 0 spiro atoms. The zero-order valence-electron chi connectivity index (χ0n) is 11.7. The van der Waals surface area contributed by atoms with Crippen LogP contribution in [0.3, 0.4) is 0 Å². The molecular formula is C14H6ClF7N2O. The summed E-state index contributed by atoms with van der Waals surface area (Å²) in [7, 11) is 0. The van der Waals surface area contributed by atoms with Gasteiger partial charge in [0.1, 0.15) is 17.0 Å². The van der Waals surface area contributed by atoms with E-state index in [-0.39, 0.29) is 16.3 Å². The maximum atomic E-state index is 13.6. The van der Waals surface area contributed by atoms with Crippen LogP contribution in [0.5, 0.6) is 5.75 Å². The van der Waals surface area contributed by atoms with Gasteiger partial charge in [-0.1, -0.05) is 11.6 Å². The van der Waals surface area contributed by atoms with Crippen molar-refractivity contribution in [3.63, 3.8) is 0 Å². The first-order valence-electron chi connectivity index (χ1n) is 6.24. The van der Waals surface area contributed by atoms with E-state index < -0.39 is 40.7 Å². The molecule has 0 bridgehead atoms. The summed E-state index contributed by atoms with van der Waals surface area (Å²) in [4.78, 5) is 0. The molecule has 3 nitrogen and oxygen atoms in total. The molecule has 0 atom stereocenters. The van der Waals surface area contributed by atoms with Crippen molar-refractivity contribution in [2.45, 2.75) is 6.18 Å². The predicted molar refractivity (Wildman–Crippen MR) is 75.6 cm³/mol. The van der Waals surface area contributed by atoms with Gasteiger partial charge in [-0.3, -0.25) is 5.43 Å². The van der Waals surface area contributed by atoms with Gasteiger partial charge < -0.3 is 5.11 Å². The lowest BCUT2D eigenvalue weighted by atomic mass is 10.1. The number of nitrogens with one attached hydrogen (secondary N) is 1. The van der Waals surface area contributed by atoms with Gasteiger partial charge in [0.25, 0.3) is 0 Å². The molecule has 0 radical (unpaired) electrons. The van der Waals surface area contributed by atoms with Gasteiger partial charge >= 0.3 is 6.18 Å². The number of nitrogens with zero attached hydrogens (tertiary/aromatic N) is 1. The molecule has 2 aromatic rings. The first-order chi connectivity index (χ1) is 11.5. The van der Waals surface area contributed by atoms with Crippen molar-refractivity contribution in [3.8, 4) is 5.75 Å². The Morgan fingerprint density at radius 1 is 1.00 bits per heavy atom. The third-order valence-corrected chi connectivity index (χ3v) is 3.24. The Balaban J connectivity index is 2.39. The van der Waals surface area contributed by atoms with Crippen molar-refractivity contribution in [2.24, 2.45) is 5.10 Å². The number of hydrogen-bond donors (Lipinski definition) is 2. The Hall–Kier alpha value is -2.49. The summed E-state index contributed by atoms with van der Waals surface area (Å²) in [6.07, 6.45) is -4.76. The average Bonchev–Trinajstić information content (AvgIpc) is 2.49. The van der Waals surface area contributed by atoms with Crippen LogP contribution in [-0.4, -0.2) is 11.3 Å². The lowest BCUT2D eigenvalue weighted by Gasteiger charge is -2.13. The van der Waals surface area contributed by atoms with Gasteiger partial charge in [-0.05, 0) is 18.2 Å². The second kappa shape index (κ2) is 6.79. The summed E-state index contributed by atoms with van der Waals surface area (Å²) in [6.45, 7) is 0. The number of alkyl halides is 3. The third kappa shape index (κ3) is 3.78. The van der Waals surface area contributed by atoms with E-state index in [1.54, 1.807) is 5.43 Å². The summed E-state index contributed by atoms with van der Waals surface area (Å²) >= 11 is 5.72. The molecular weight excluding hydrogens is 381 g/mol. The second-order valence-corrected chi connectivity index (χ2v) is 4.99. The minimum absolute atomic E-state index is 0.0173. The van der Waals surface area contributed by atoms with E-state index in [9.17, 15) is 30.7 Å². The Morgan fingerprint density at radius 3 is 2.04 bits per heavy atom. The minimum Gasteiger partial charge on any atom is -0.508 e. The fourth-order valence-electron chi connectivity index (χ4n) is 1.77. The normalized spacial score (nSPS) is 12.0. The van der Waals surface area contributed by atoms with Crippen LogP contribution in [0.2, 0.25) is 5.02 Å². The van der Waals surface area contributed by atoms with Gasteiger partial charge in [-0.2, -0.15) is 18.3 Å². The number of rotatable bonds is 3. The highest BCUT2D eigenvalue weighted by atomic mass is 35.5. The van der Waals surface area contributed by atoms with E-state index in [4.69, 9.17) is 16.7 Å². The Labute approximate surface area is 140 Å². The molecule has 134 valence electrons. The summed E-state index contributed by atoms with van der Waals surface area (Å²) in [5.41, 5.74) is -2.51. The number of benzene rings is 2. The van der Waals surface area contributed by atoms with Gasteiger partial charge in [-0.25, -0.2) is 17.6 Å². The van der Waals surface area contributed by atoms with Gasteiger partial charge in [-0.15, -0.1) is 0 Å². The number of hydrazone groups is 1. The van der Waals surface area contributed by atoms with Crippen LogP contribution in [0, 0.1) is 23.3 Å². The van der Waals surface area contributed by atoms with E-state index in [0.717, 1.165) is 12.3 Å². The molecule has 0 aromatic heterocycles. The molecule has 0 aliphatic rings. The van der Waals surface area contributed by atoms with Crippen LogP contribution < -0.4 is 5.43 Å². The van der Waals surface area contributed by atoms with E-state index >= 15 is 0 Å². The fraction of sp³-hybridized carbons (Fsp3) is 0.0714. The third-order valence-electron chi connectivity index (χ3n) is 2.91. The highest BCUT2D eigenvalue weighted by Gasteiger charge is 2.42. The van der Waals surface area contributed by atoms with Crippen molar-refractivity contribution < 1.29 is 35.8 Å². The molecule has 0 fully saturated rings. The quantitative estimate of drug-likeness (QED) is 0.335. The zero-order chi connectivity index (χ0) is 18.9. The van der Waals surface area contributed by atoms with Gasteiger partial charge in [0.05, 0.1) is 11.2 Å². The topological polar surface area (TPSA) is 44.6 Å². The summed E-state index contributed by atoms with van der Waals surface area (Å²) < 4.78 is 91.4. The Bertz CT molecular complexity index is 823. The molecule has 0 aliphatic carbocycles. The molecule has 0 saturated carbocycles. The van der Waals surface area contributed by atoms with Gasteiger partial charge in [0.15, 0.2) is 23.3 Å². The smallest absolute Gasteiger partial charge is 0.422 e. The molecule has 0 unspecified atom stereocenters. The maximum absolute atomic E-state index is 13.6. The first-order valence-corrected chi connectivity index (χ1v) is 6.62. The van der Waals surface area contributed by atoms with Crippen molar-refractivity contribution in [2.75, 3.05) is 5.43 Å². The lowest BCUT2D eigenvalue weighted by Crippen LogP contribution is -2.16. The Morgan fingerprint density at radius 2 is 1.56 bits per heavy atom. The zero-order valence-corrected chi connectivity index (χ0v) is 12.5. The monoisotopic (exact) mass is 386 g/mol. The standard InChI is InChI=1S/C14H6ClF7N2O/c15-7-3-6(25)2-1-5(7)4-23-24-13-11(18)9(16)8(14(20,21)22)10(17)12(13)19/h1-4,24-25H/b23-4+. The molecule has 11 heteroatoms. The number of phenolic OH excluding ortho intramolecular Hbond substituents is 1. The van der Waals surface area contributed by atoms with E-state index in [0.29, 0.717) is 0 Å². The number of phenols is 1. The average molecular weight is 387 g/mol. The van der Waals surface area contributed by atoms with Crippen molar-refractivity contribution in [3.05, 3.63) is 57.6 Å². The van der Waals surface area contributed by atoms with Gasteiger partial charge in [0.2, 0.25) is 0 Å². The Kier molecular flexibility index (Phi) is 5.12. The van der Waals surface area contributed by atoms with E-state index in [2.05, 4.69) is 5.10 Å². The minimum atomic E-state index is -5.63. The molecule has 2 rings (SSSR count). The number of aromatic hydroxyl groups is 1. The summed E-state index contributed by atoms with van der Waals surface area (Å²) in [5.74, 6) is -9.97. The van der Waals surface area contributed by atoms with Crippen molar-refractivity contribution in [1.82, 2.24) is 0 Å². The molecule has 0 aliphatic heterocycles. The molecule has 2 N–H and O–H groups in total. The molecule has 0 amide bonds. The van der Waals surface area contributed by atoms with E-state index in [1.807, 2.05) is 0 Å². The van der Waals surface area contributed by atoms with Crippen LogP contribution in [0.1, 0.15) is 11.1 Å². The maximum Gasteiger partial charge on any atom is 0.422 e. The largest absolute Gasteiger partial charge is 0.508 e. The van der Waals surface area contributed by atoms with Gasteiger partial charge in [0, 0.05) is 5.56 Å². The number of anilines is 1. The van der Waals surface area contributed by atoms with Crippen LogP contribution >= 0.6 is 11.6 Å². The highest BCUT2D eigenvalue weighted by molar-refractivity contribution is 6.33. The SMILES string of the molecule is Oc1ccc(/C=N/Nc2c(F)c(F)c(C(F)(F)F)c(F)c2F)c(Cl)c1. The lowest BCUT2D eigenvalue weighted by molar-refractivity contribution is -0.143. The predicted octanol–water partition coefficient (Wildman–Crippen LogP) is 5.07. The van der Waals surface area contributed by atoms with Crippen LogP contribution in [0.25, 0.3) is 0 Å². The molecule has 0 saturated heterocycles. The highest BCUT2D eigenvalue weighted by Crippen LogP contribution is 2.38. The second-order valence-electron chi connectivity index (χ2n) is 4.58. The van der Waals surface area contributed by atoms with Crippen LogP contribution in [0.4, 0.5) is 36.4 Å². The van der Waals surface area contributed by atoms with E-state index in [1.165, 1.54) is 12.1 Å². The summed E-state index contributed by atoms with van der Waals surface area (Å²) in [5, 5.41) is 12.4. The summed E-state index contributed by atoms with van der Waals surface area (Å²) in [6, 6.07) is 3.57. The fourth-order valence-corrected chi connectivity index (χ4v) is 1.99. The van der Waals surface area contributed by atoms with Crippen molar-refractivity contribution >= 4 is 23.5 Å². The van der Waals surface area contributed by atoms with Crippen molar-refractivity contribution in [1.29, 1.82) is 0 Å². The molecule has 0 heterocycles. The molecule has 25 heavy (non-hydrogen) atoms. The number of hydrogen-bond acceptors (Lipinski definition) is 3. The first kappa shape index (κ1) is 18.8.